The van der Waals surface area contributed by atoms with Crippen LogP contribution in [-0.4, -0.2) is 29.1 Å². The molecule has 34 heavy (non-hydrogen) atoms. The van der Waals surface area contributed by atoms with E-state index in [4.69, 9.17) is 20.9 Å². The summed E-state index contributed by atoms with van der Waals surface area (Å²) >= 11 is 7.61. The minimum absolute atomic E-state index is 0.0313. The summed E-state index contributed by atoms with van der Waals surface area (Å²) in [7, 11) is 1.54. The van der Waals surface area contributed by atoms with Gasteiger partial charge in [-0.05, 0) is 53.9 Å². The number of nitrogens with zero attached hydrogens (tertiary/aromatic N) is 2. The molecule has 0 saturated heterocycles. The Labute approximate surface area is 204 Å². The minimum atomic E-state index is -0.507. The van der Waals surface area contributed by atoms with E-state index in [1.807, 2.05) is 23.6 Å². The van der Waals surface area contributed by atoms with Gasteiger partial charge in [-0.15, -0.1) is 11.3 Å². The molecule has 4 aromatic rings. The average Bonchev–Trinajstić information content (AvgIpc) is 3.55. The maximum atomic E-state index is 12.9. The van der Waals surface area contributed by atoms with Crippen molar-refractivity contribution in [3.63, 3.8) is 0 Å². The highest BCUT2D eigenvalue weighted by Crippen LogP contribution is 2.24. The number of halogens is 1. The van der Waals surface area contributed by atoms with Gasteiger partial charge in [0.05, 0.1) is 18.7 Å². The number of thiophene rings is 1. The van der Waals surface area contributed by atoms with Gasteiger partial charge >= 0.3 is 0 Å². The first-order valence-electron chi connectivity index (χ1n) is 10.1. The van der Waals surface area contributed by atoms with E-state index in [1.54, 1.807) is 55.7 Å². The lowest BCUT2D eigenvalue weighted by Crippen LogP contribution is -2.34. The molecule has 2 aromatic carbocycles. The third-order valence-electron chi connectivity index (χ3n) is 4.66. The van der Waals surface area contributed by atoms with Gasteiger partial charge in [-0.3, -0.25) is 9.59 Å². The molecule has 0 fully saturated rings. The number of aromatic nitrogens is 2. The monoisotopic (exact) mass is 494 g/mol. The fourth-order valence-corrected chi connectivity index (χ4v) is 3.82. The smallest absolute Gasteiger partial charge is 0.268 e. The van der Waals surface area contributed by atoms with Gasteiger partial charge in [0, 0.05) is 16.0 Å². The molecule has 0 spiro atoms. The molecule has 8 nitrogen and oxygen atoms in total. The molecular formula is C24H19ClN4O4S. The van der Waals surface area contributed by atoms with Crippen LogP contribution in [0.4, 0.5) is 0 Å². The number of benzene rings is 2. The second-order valence-corrected chi connectivity index (χ2v) is 8.32. The second-order valence-electron chi connectivity index (χ2n) is 6.93. The van der Waals surface area contributed by atoms with Crippen LogP contribution in [0, 0.1) is 0 Å². The van der Waals surface area contributed by atoms with Crippen molar-refractivity contribution in [1.29, 1.82) is 0 Å². The van der Waals surface area contributed by atoms with Crippen molar-refractivity contribution >= 4 is 40.8 Å². The van der Waals surface area contributed by atoms with Crippen LogP contribution < -0.4 is 15.4 Å². The van der Waals surface area contributed by atoms with E-state index < -0.39 is 11.8 Å². The molecule has 2 heterocycles. The first kappa shape index (κ1) is 23.2. The number of nitrogens with one attached hydrogen (secondary N) is 2. The zero-order chi connectivity index (χ0) is 23.9. The fraction of sp³-hybridized carbons (Fsp3) is 0.0833. The fourth-order valence-electron chi connectivity index (χ4n) is 2.94. The molecule has 0 saturated carbocycles. The average molecular weight is 495 g/mol. The highest BCUT2D eigenvalue weighted by Gasteiger charge is 2.17. The van der Waals surface area contributed by atoms with Crippen LogP contribution in [-0.2, 0) is 11.3 Å². The van der Waals surface area contributed by atoms with Crippen LogP contribution in [0.3, 0.4) is 0 Å². The van der Waals surface area contributed by atoms with Crippen LogP contribution in [0.25, 0.3) is 17.5 Å². The van der Waals surface area contributed by atoms with Gasteiger partial charge in [0.2, 0.25) is 11.7 Å². The van der Waals surface area contributed by atoms with Crippen molar-refractivity contribution in [2.45, 2.75) is 6.54 Å². The van der Waals surface area contributed by atoms with E-state index in [-0.39, 0.29) is 18.1 Å². The maximum Gasteiger partial charge on any atom is 0.268 e. The zero-order valence-electron chi connectivity index (χ0n) is 17.9. The van der Waals surface area contributed by atoms with Gasteiger partial charge in [0.1, 0.15) is 11.4 Å². The Morgan fingerprint density at radius 3 is 2.62 bits per heavy atom. The molecule has 2 aromatic heterocycles. The first-order chi connectivity index (χ1) is 16.5. The summed E-state index contributed by atoms with van der Waals surface area (Å²) in [5.41, 5.74) is 1.08. The number of ether oxygens (including phenoxy) is 1. The van der Waals surface area contributed by atoms with Crippen LogP contribution in [0.2, 0.25) is 5.02 Å². The quantitative estimate of drug-likeness (QED) is 0.348. The third-order valence-corrected chi connectivity index (χ3v) is 5.81. The number of hydrogen-bond acceptors (Lipinski definition) is 7. The van der Waals surface area contributed by atoms with Crippen molar-refractivity contribution in [3.05, 3.63) is 93.1 Å². The highest BCUT2D eigenvalue weighted by atomic mass is 35.5. The number of carbonyl (C=O) groups is 2. The summed E-state index contributed by atoms with van der Waals surface area (Å²) in [6, 6.07) is 17.4. The summed E-state index contributed by atoms with van der Waals surface area (Å²) in [4.78, 5) is 30.7. The molecule has 0 aliphatic rings. The number of amides is 2. The van der Waals surface area contributed by atoms with Crippen molar-refractivity contribution in [2.24, 2.45) is 0 Å². The molecule has 0 atom stereocenters. The lowest BCUT2D eigenvalue weighted by Gasteiger charge is -2.10. The van der Waals surface area contributed by atoms with E-state index in [9.17, 15) is 9.59 Å². The van der Waals surface area contributed by atoms with Gasteiger partial charge in [0.25, 0.3) is 11.8 Å². The number of methoxy groups -OCH3 is 1. The molecule has 2 amide bonds. The number of carbonyl (C=O) groups excluding carboxylic acids is 2. The molecule has 0 aliphatic heterocycles. The molecule has 172 valence electrons. The normalized spacial score (nSPS) is 11.2. The Morgan fingerprint density at radius 1 is 1.12 bits per heavy atom. The van der Waals surface area contributed by atoms with Gasteiger partial charge in [-0.25, -0.2) is 0 Å². The van der Waals surface area contributed by atoms with Gasteiger partial charge in [-0.1, -0.05) is 35.0 Å². The van der Waals surface area contributed by atoms with Gasteiger partial charge in [-0.2, -0.15) is 4.98 Å². The van der Waals surface area contributed by atoms with Crippen LogP contribution in [0.5, 0.6) is 5.75 Å². The Morgan fingerprint density at radius 2 is 1.91 bits per heavy atom. The SMILES string of the molecule is COc1ccc(C(=O)N/C(=C\c2cccs2)C(=O)NCc2nc(-c3ccccc3Cl)no2)cc1. The van der Waals surface area contributed by atoms with E-state index >= 15 is 0 Å². The summed E-state index contributed by atoms with van der Waals surface area (Å²) in [5, 5.41) is 11.7. The summed E-state index contributed by atoms with van der Waals surface area (Å²) in [6.07, 6.45) is 1.60. The van der Waals surface area contributed by atoms with E-state index in [0.717, 1.165) is 4.88 Å². The molecule has 10 heteroatoms. The second kappa shape index (κ2) is 10.8. The molecule has 0 bridgehead atoms. The largest absolute Gasteiger partial charge is 0.497 e. The Bertz CT molecular complexity index is 1320. The van der Waals surface area contributed by atoms with Gasteiger partial charge in [0.15, 0.2) is 0 Å². The predicted octanol–water partition coefficient (Wildman–Crippen LogP) is 4.55. The number of hydrogen-bond donors (Lipinski definition) is 2. The lowest BCUT2D eigenvalue weighted by atomic mass is 10.2. The predicted molar refractivity (Wildman–Crippen MR) is 129 cm³/mol. The summed E-state index contributed by atoms with van der Waals surface area (Å²) < 4.78 is 10.3. The lowest BCUT2D eigenvalue weighted by molar-refractivity contribution is -0.118. The van der Waals surface area contributed by atoms with Crippen LogP contribution in [0.1, 0.15) is 21.1 Å². The standard InChI is InChI=1S/C24H19ClN4O4S/c1-32-16-10-8-15(9-11-16)23(30)27-20(13-17-5-4-12-34-17)24(31)26-14-21-28-22(29-33-21)18-6-2-3-7-19(18)25/h2-13H,14H2,1H3,(H,26,31)(H,27,30)/b20-13-. The zero-order valence-corrected chi connectivity index (χ0v) is 19.5. The van der Waals surface area contributed by atoms with Crippen molar-refractivity contribution in [3.8, 4) is 17.1 Å². The molecule has 4 rings (SSSR count). The molecule has 0 aliphatic carbocycles. The summed E-state index contributed by atoms with van der Waals surface area (Å²) in [6.45, 7) is -0.0313. The maximum absolute atomic E-state index is 12.9. The van der Waals surface area contributed by atoms with Gasteiger partial charge < -0.3 is 19.9 Å². The van der Waals surface area contributed by atoms with E-state index in [1.165, 1.54) is 11.3 Å². The molecule has 0 radical (unpaired) electrons. The third kappa shape index (κ3) is 5.69. The summed E-state index contributed by atoms with van der Waals surface area (Å²) in [5.74, 6) is 0.198. The van der Waals surface area contributed by atoms with Crippen molar-refractivity contribution < 1.29 is 18.8 Å². The molecule has 0 unspecified atom stereocenters. The van der Waals surface area contributed by atoms with E-state index in [0.29, 0.717) is 27.7 Å². The highest BCUT2D eigenvalue weighted by molar-refractivity contribution is 7.10. The Balaban J connectivity index is 1.47. The molecular weight excluding hydrogens is 476 g/mol. The van der Waals surface area contributed by atoms with Crippen LogP contribution in [0.15, 0.2) is 76.3 Å². The van der Waals surface area contributed by atoms with Crippen molar-refractivity contribution in [1.82, 2.24) is 20.8 Å². The topological polar surface area (TPSA) is 106 Å². The molecule has 2 N–H and O–H groups in total. The van der Waals surface area contributed by atoms with Crippen molar-refractivity contribution in [2.75, 3.05) is 7.11 Å². The minimum Gasteiger partial charge on any atom is -0.497 e. The Hall–Kier alpha value is -3.95. The van der Waals surface area contributed by atoms with Crippen LogP contribution >= 0.6 is 22.9 Å². The Kier molecular flexibility index (Phi) is 7.36. The van der Waals surface area contributed by atoms with E-state index in [2.05, 4.69) is 20.8 Å². The first-order valence-corrected chi connectivity index (χ1v) is 11.4. The number of rotatable bonds is 8.